The third-order valence-electron chi connectivity index (χ3n) is 1.60. The number of H-pyrrole nitrogens is 1. The van der Waals surface area contributed by atoms with E-state index in [1.165, 1.54) is 7.11 Å². The van der Waals surface area contributed by atoms with Gasteiger partial charge in [-0.1, -0.05) is 5.21 Å². The fourth-order valence-corrected chi connectivity index (χ4v) is 0.848. The average molecular weight is 200 g/mol. The number of carbonyl (C=O) groups is 1. The van der Waals surface area contributed by atoms with Crippen LogP contribution in [0.5, 0.6) is 0 Å². The lowest BCUT2D eigenvalue weighted by Crippen LogP contribution is -2.40. The maximum atomic E-state index is 11.3. The minimum absolute atomic E-state index is 0.134. The second-order valence-corrected chi connectivity index (χ2v) is 2.51. The van der Waals surface area contributed by atoms with Crippen LogP contribution in [-0.2, 0) is 16.1 Å². The van der Waals surface area contributed by atoms with Crippen LogP contribution in [0.4, 0.5) is 0 Å². The van der Waals surface area contributed by atoms with E-state index in [-0.39, 0.29) is 19.0 Å². The van der Waals surface area contributed by atoms with Crippen LogP contribution in [0.2, 0.25) is 0 Å². The largest absolute Gasteiger partial charge is 0.370 e. The van der Waals surface area contributed by atoms with Crippen LogP contribution in [0, 0.1) is 0 Å². The molecule has 0 aromatic carbocycles. The number of tetrazole rings is 1. The fourth-order valence-electron chi connectivity index (χ4n) is 0.848. The Hall–Kier alpha value is -1.54. The van der Waals surface area contributed by atoms with E-state index < -0.39 is 6.10 Å². The van der Waals surface area contributed by atoms with E-state index in [1.54, 1.807) is 0 Å². The van der Waals surface area contributed by atoms with Crippen LogP contribution in [0.15, 0.2) is 0 Å². The highest BCUT2D eigenvalue weighted by atomic mass is 16.5. The zero-order valence-corrected chi connectivity index (χ0v) is 7.73. The van der Waals surface area contributed by atoms with Crippen molar-refractivity contribution >= 4 is 5.91 Å². The van der Waals surface area contributed by atoms with Gasteiger partial charge in [-0.2, -0.15) is 5.21 Å². The van der Waals surface area contributed by atoms with E-state index in [2.05, 4.69) is 25.9 Å². The van der Waals surface area contributed by atoms with Crippen LogP contribution in [0.25, 0.3) is 0 Å². The van der Waals surface area contributed by atoms with Crippen LogP contribution in [0.3, 0.4) is 0 Å². The first kappa shape index (κ1) is 10.5. The van der Waals surface area contributed by atoms with Crippen molar-refractivity contribution in [2.75, 3.05) is 13.7 Å². The second-order valence-electron chi connectivity index (χ2n) is 2.51. The van der Waals surface area contributed by atoms with E-state index in [1.807, 2.05) is 0 Å². The first-order valence-corrected chi connectivity index (χ1v) is 4.00. The van der Waals surface area contributed by atoms with Crippen molar-refractivity contribution in [3.8, 4) is 0 Å². The summed E-state index contributed by atoms with van der Waals surface area (Å²) < 4.78 is 4.83. The van der Waals surface area contributed by atoms with E-state index in [9.17, 15) is 4.79 Å². The number of nitrogens with one attached hydrogen (secondary N) is 2. The molecule has 8 heteroatoms. The van der Waals surface area contributed by atoms with Gasteiger partial charge < -0.3 is 15.8 Å². The van der Waals surface area contributed by atoms with Gasteiger partial charge in [0.1, 0.15) is 6.10 Å². The maximum Gasteiger partial charge on any atom is 0.250 e. The predicted molar refractivity (Wildman–Crippen MR) is 45.9 cm³/mol. The maximum absolute atomic E-state index is 11.3. The van der Waals surface area contributed by atoms with Crippen LogP contribution >= 0.6 is 0 Å². The number of carbonyl (C=O) groups excluding carboxylic acids is 1. The van der Waals surface area contributed by atoms with Gasteiger partial charge in [0, 0.05) is 13.7 Å². The summed E-state index contributed by atoms with van der Waals surface area (Å²) in [6.07, 6.45) is -0.637. The molecule has 0 bridgehead atoms. The van der Waals surface area contributed by atoms with Gasteiger partial charge in [0.05, 0.1) is 6.54 Å². The van der Waals surface area contributed by atoms with Crippen molar-refractivity contribution in [3.63, 3.8) is 0 Å². The van der Waals surface area contributed by atoms with Crippen LogP contribution < -0.4 is 11.1 Å². The number of hydrogen-bond donors (Lipinski definition) is 3. The molecule has 14 heavy (non-hydrogen) atoms. The topological polar surface area (TPSA) is 119 Å². The van der Waals surface area contributed by atoms with E-state index in [4.69, 9.17) is 10.5 Å². The van der Waals surface area contributed by atoms with Crippen molar-refractivity contribution in [3.05, 3.63) is 5.82 Å². The molecule has 1 unspecified atom stereocenters. The summed E-state index contributed by atoms with van der Waals surface area (Å²) in [5.74, 6) is 0.116. The Labute approximate surface area is 80.2 Å². The molecule has 1 atom stereocenters. The number of ether oxygens (including phenoxy) is 1. The van der Waals surface area contributed by atoms with Gasteiger partial charge in [0.15, 0.2) is 5.82 Å². The van der Waals surface area contributed by atoms with Crippen molar-refractivity contribution < 1.29 is 9.53 Å². The van der Waals surface area contributed by atoms with Gasteiger partial charge >= 0.3 is 0 Å². The Bertz CT molecular complexity index is 270. The summed E-state index contributed by atoms with van der Waals surface area (Å²) >= 11 is 0. The van der Waals surface area contributed by atoms with Gasteiger partial charge in [0.2, 0.25) is 0 Å². The van der Waals surface area contributed by atoms with Gasteiger partial charge in [0.25, 0.3) is 5.91 Å². The number of amides is 1. The van der Waals surface area contributed by atoms with Crippen molar-refractivity contribution in [1.82, 2.24) is 25.9 Å². The Balaban J connectivity index is 2.34. The molecule has 1 amide bonds. The summed E-state index contributed by atoms with van der Waals surface area (Å²) in [6, 6.07) is 0. The second kappa shape index (κ2) is 5.25. The molecule has 0 saturated carbocycles. The van der Waals surface area contributed by atoms with Gasteiger partial charge in [-0.3, -0.25) is 4.79 Å². The smallest absolute Gasteiger partial charge is 0.250 e. The van der Waals surface area contributed by atoms with Crippen molar-refractivity contribution in [1.29, 1.82) is 0 Å². The molecule has 0 fully saturated rings. The third kappa shape index (κ3) is 2.75. The van der Waals surface area contributed by atoms with Crippen molar-refractivity contribution in [2.45, 2.75) is 12.6 Å². The number of rotatable bonds is 5. The van der Waals surface area contributed by atoms with E-state index in [0.29, 0.717) is 5.82 Å². The molecule has 1 heterocycles. The zero-order valence-electron chi connectivity index (χ0n) is 7.73. The Morgan fingerprint density at radius 2 is 2.57 bits per heavy atom. The van der Waals surface area contributed by atoms with Crippen LogP contribution in [-0.4, -0.2) is 46.3 Å². The summed E-state index contributed by atoms with van der Waals surface area (Å²) in [6.45, 7) is 0.337. The van der Waals surface area contributed by atoms with Gasteiger partial charge in [-0.15, -0.1) is 10.2 Å². The lowest BCUT2D eigenvalue weighted by atomic mass is 10.3. The molecule has 0 radical (unpaired) electrons. The molecule has 0 aliphatic heterocycles. The van der Waals surface area contributed by atoms with Crippen LogP contribution in [0.1, 0.15) is 5.82 Å². The first-order valence-electron chi connectivity index (χ1n) is 4.00. The number of methoxy groups -OCH3 is 1. The monoisotopic (exact) mass is 200 g/mol. The molecule has 1 aromatic heterocycles. The molecule has 0 aliphatic rings. The zero-order chi connectivity index (χ0) is 10.4. The quantitative estimate of drug-likeness (QED) is 0.495. The lowest BCUT2D eigenvalue weighted by molar-refractivity contribution is -0.130. The molecule has 8 nitrogen and oxygen atoms in total. The van der Waals surface area contributed by atoms with Gasteiger partial charge in [-0.25, -0.2) is 0 Å². The van der Waals surface area contributed by atoms with E-state index in [0.717, 1.165) is 0 Å². The molecule has 0 aliphatic carbocycles. The fraction of sp³-hybridized carbons (Fsp3) is 0.667. The molecule has 0 spiro atoms. The van der Waals surface area contributed by atoms with Crippen molar-refractivity contribution in [2.24, 2.45) is 5.73 Å². The SMILES string of the molecule is COC(CN)C(=O)NCc1nn[nH]n1. The molecular weight excluding hydrogens is 188 g/mol. The Morgan fingerprint density at radius 1 is 1.79 bits per heavy atom. The molecule has 1 aromatic rings. The summed E-state index contributed by atoms with van der Waals surface area (Å²) in [5, 5.41) is 15.5. The summed E-state index contributed by atoms with van der Waals surface area (Å²) in [4.78, 5) is 11.3. The summed E-state index contributed by atoms with van der Waals surface area (Å²) in [5.41, 5.74) is 5.30. The molecule has 1 rings (SSSR count). The highest BCUT2D eigenvalue weighted by Gasteiger charge is 2.15. The number of aromatic nitrogens is 4. The normalized spacial score (nSPS) is 12.4. The standard InChI is InChI=1S/C6H12N6O2/c1-14-4(2-7)6(13)8-3-5-9-11-12-10-5/h4H,2-3,7H2,1H3,(H,8,13)(H,9,10,11,12). The predicted octanol–water partition coefficient (Wildman–Crippen LogP) is -2.21. The minimum atomic E-state index is -0.637. The lowest BCUT2D eigenvalue weighted by Gasteiger charge is -2.11. The Kier molecular flexibility index (Phi) is 3.95. The summed E-state index contributed by atoms with van der Waals surface area (Å²) in [7, 11) is 1.42. The highest BCUT2D eigenvalue weighted by Crippen LogP contribution is 1.88. The number of nitrogens with zero attached hydrogens (tertiary/aromatic N) is 3. The number of hydrogen-bond acceptors (Lipinski definition) is 6. The molecule has 4 N–H and O–H groups in total. The average Bonchev–Trinajstić information content (AvgIpc) is 2.69. The number of aromatic amines is 1. The molecule has 0 saturated heterocycles. The van der Waals surface area contributed by atoms with E-state index >= 15 is 0 Å². The number of nitrogens with two attached hydrogens (primary N) is 1. The molecule has 78 valence electrons. The molecular formula is C6H12N6O2. The first-order chi connectivity index (χ1) is 6.77. The third-order valence-corrected chi connectivity index (χ3v) is 1.60. The minimum Gasteiger partial charge on any atom is -0.370 e. The van der Waals surface area contributed by atoms with Gasteiger partial charge in [-0.05, 0) is 0 Å². The Morgan fingerprint density at radius 3 is 3.07 bits per heavy atom. The highest BCUT2D eigenvalue weighted by molar-refractivity contribution is 5.80.